The molecular formula is C28H25FN4O3. The van der Waals surface area contributed by atoms with Gasteiger partial charge in [-0.15, -0.1) is 0 Å². The van der Waals surface area contributed by atoms with Crippen molar-refractivity contribution in [3.05, 3.63) is 96.4 Å². The molecule has 4 aromatic rings. The molecule has 182 valence electrons. The summed E-state index contributed by atoms with van der Waals surface area (Å²) in [5.74, 6) is 0.0200. The van der Waals surface area contributed by atoms with E-state index in [4.69, 9.17) is 4.74 Å². The molecule has 1 aliphatic carbocycles. The van der Waals surface area contributed by atoms with Crippen molar-refractivity contribution in [3.63, 3.8) is 0 Å². The van der Waals surface area contributed by atoms with Gasteiger partial charge in [0.2, 0.25) is 11.9 Å². The van der Waals surface area contributed by atoms with E-state index in [1.54, 1.807) is 59.2 Å². The van der Waals surface area contributed by atoms with Crippen LogP contribution in [0.2, 0.25) is 0 Å². The standard InChI is InChI=1S/C28H25FN4O3/c1-36-24-15-7-20(8-16-24)27(35)32(22-13-14-22)18-26(34)31-28-30-25(19-5-3-2-4-6-19)17-33(28)23-11-9-21(29)10-12-23/h2-12,15-17,22H,13-14,18H2,1H3,(H,30,31,34). The van der Waals surface area contributed by atoms with Gasteiger partial charge < -0.3 is 9.64 Å². The van der Waals surface area contributed by atoms with Crippen LogP contribution in [-0.4, -0.2) is 46.0 Å². The fraction of sp³-hybridized carbons (Fsp3) is 0.179. The number of amides is 2. The Kier molecular flexibility index (Phi) is 6.49. The number of ether oxygens (including phenoxy) is 1. The number of nitrogens with one attached hydrogen (secondary N) is 1. The molecule has 0 atom stereocenters. The smallest absolute Gasteiger partial charge is 0.254 e. The minimum atomic E-state index is -0.364. The van der Waals surface area contributed by atoms with Gasteiger partial charge in [-0.1, -0.05) is 30.3 Å². The Balaban J connectivity index is 1.39. The van der Waals surface area contributed by atoms with Crippen molar-refractivity contribution >= 4 is 17.8 Å². The first kappa shape index (κ1) is 23.3. The summed E-state index contributed by atoms with van der Waals surface area (Å²) >= 11 is 0. The van der Waals surface area contributed by atoms with E-state index < -0.39 is 0 Å². The third-order valence-corrected chi connectivity index (χ3v) is 6.03. The highest BCUT2D eigenvalue weighted by atomic mass is 19.1. The quantitative estimate of drug-likeness (QED) is 0.385. The summed E-state index contributed by atoms with van der Waals surface area (Å²) in [5, 5.41) is 2.86. The van der Waals surface area contributed by atoms with Gasteiger partial charge in [0.05, 0.1) is 12.8 Å². The monoisotopic (exact) mass is 484 g/mol. The van der Waals surface area contributed by atoms with E-state index in [-0.39, 0.29) is 36.2 Å². The first-order valence-electron chi connectivity index (χ1n) is 11.7. The molecule has 1 aliphatic rings. The van der Waals surface area contributed by atoms with Crippen LogP contribution >= 0.6 is 0 Å². The molecule has 0 spiro atoms. The molecule has 8 heteroatoms. The van der Waals surface area contributed by atoms with Crippen molar-refractivity contribution in [2.24, 2.45) is 0 Å². The number of aromatic nitrogens is 2. The third kappa shape index (κ3) is 5.12. The number of hydrogen-bond acceptors (Lipinski definition) is 4. The first-order chi connectivity index (χ1) is 17.5. The fourth-order valence-corrected chi connectivity index (χ4v) is 3.99. The maximum absolute atomic E-state index is 13.5. The predicted octanol–water partition coefficient (Wildman–Crippen LogP) is 4.93. The van der Waals surface area contributed by atoms with Crippen molar-refractivity contribution < 1.29 is 18.7 Å². The van der Waals surface area contributed by atoms with Gasteiger partial charge in [0.25, 0.3) is 5.91 Å². The van der Waals surface area contributed by atoms with Crippen LogP contribution in [0.25, 0.3) is 16.9 Å². The Morgan fingerprint density at radius 2 is 1.72 bits per heavy atom. The average Bonchev–Trinajstić information content (AvgIpc) is 3.67. The second-order valence-corrected chi connectivity index (χ2v) is 8.60. The largest absolute Gasteiger partial charge is 0.497 e. The van der Waals surface area contributed by atoms with Crippen LogP contribution in [0.4, 0.5) is 10.3 Å². The van der Waals surface area contributed by atoms with Gasteiger partial charge >= 0.3 is 0 Å². The molecule has 0 unspecified atom stereocenters. The summed E-state index contributed by atoms with van der Waals surface area (Å²) in [5.41, 5.74) is 2.68. The van der Waals surface area contributed by atoms with Crippen molar-refractivity contribution in [1.82, 2.24) is 14.5 Å². The van der Waals surface area contributed by atoms with Crippen LogP contribution < -0.4 is 10.1 Å². The summed E-state index contributed by atoms with van der Waals surface area (Å²) in [6.07, 6.45) is 3.51. The number of carbonyl (C=O) groups excluding carboxylic acids is 2. The maximum Gasteiger partial charge on any atom is 0.254 e. The molecule has 1 heterocycles. The normalized spacial score (nSPS) is 12.7. The van der Waals surface area contributed by atoms with Gasteiger partial charge in [-0.05, 0) is 61.4 Å². The van der Waals surface area contributed by atoms with Crippen molar-refractivity contribution in [2.75, 3.05) is 19.0 Å². The summed E-state index contributed by atoms with van der Waals surface area (Å²) in [4.78, 5) is 32.5. The topological polar surface area (TPSA) is 76.5 Å². The number of halogens is 1. The molecule has 5 rings (SSSR count). The Bertz CT molecular complexity index is 1360. The van der Waals surface area contributed by atoms with Crippen molar-refractivity contribution in [1.29, 1.82) is 0 Å². The number of nitrogens with zero attached hydrogens (tertiary/aromatic N) is 3. The predicted molar refractivity (Wildman–Crippen MR) is 135 cm³/mol. The Hall–Kier alpha value is -4.46. The maximum atomic E-state index is 13.5. The van der Waals surface area contributed by atoms with E-state index >= 15 is 0 Å². The van der Waals surface area contributed by atoms with Gasteiger partial charge in [0, 0.05) is 29.1 Å². The third-order valence-electron chi connectivity index (χ3n) is 6.03. The summed E-state index contributed by atoms with van der Waals surface area (Å²) < 4.78 is 20.4. The molecule has 2 amide bonds. The molecule has 3 aromatic carbocycles. The highest BCUT2D eigenvalue weighted by molar-refractivity contribution is 5.99. The summed E-state index contributed by atoms with van der Waals surface area (Å²) in [6.45, 7) is -0.105. The molecule has 1 saturated carbocycles. The Labute approximate surface area is 208 Å². The van der Waals surface area contributed by atoms with E-state index in [1.165, 1.54) is 12.1 Å². The van der Waals surface area contributed by atoms with Crippen molar-refractivity contribution in [3.8, 4) is 22.7 Å². The lowest BCUT2D eigenvalue weighted by molar-refractivity contribution is -0.117. The van der Waals surface area contributed by atoms with E-state index in [0.717, 1.165) is 18.4 Å². The van der Waals surface area contributed by atoms with Crippen LogP contribution in [0.3, 0.4) is 0 Å². The summed E-state index contributed by atoms with van der Waals surface area (Å²) in [6, 6.07) is 22.4. The fourth-order valence-electron chi connectivity index (χ4n) is 3.99. The molecule has 1 N–H and O–H groups in total. The van der Waals surface area contributed by atoms with E-state index in [2.05, 4.69) is 10.3 Å². The summed E-state index contributed by atoms with van der Waals surface area (Å²) in [7, 11) is 1.57. The van der Waals surface area contributed by atoms with E-state index in [9.17, 15) is 14.0 Å². The Morgan fingerprint density at radius 1 is 1.03 bits per heavy atom. The van der Waals surface area contributed by atoms with Gasteiger partial charge in [-0.3, -0.25) is 19.5 Å². The lowest BCUT2D eigenvalue weighted by Crippen LogP contribution is -2.39. The van der Waals surface area contributed by atoms with Crippen LogP contribution in [0.1, 0.15) is 23.2 Å². The van der Waals surface area contributed by atoms with Gasteiger partial charge in [-0.2, -0.15) is 0 Å². The van der Waals surface area contributed by atoms with Crippen LogP contribution in [-0.2, 0) is 4.79 Å². The van der Waals surface area contributed by atoms with Gasteiger partial charge in [0.15, 0.2) is 0 Å². The molecule has 0 aliphatic heterocycles. The highest BCUT2D eigenvalue weighted by Gasteiger charge is 2.34. The van der Waals surface area contributed by atoms with E-state index in [0.29, 0.717) is 22.7 Å². The van der Waals surface area contributed by atoms with E-state index in [1.807, 2.05) is 30.3 Å². The highest BCUT2D eigenvalue weighted by Crippen LogP contribution is 2.29. The lowest BCUT2D eigenvalue weighted by atomic mass is 10.2. The zero-order chi connectivity index (χ0) is 25.1. The molecule has 0 bridgehead atoms. The zero-order valence-corrected chi connectivity index (χ0v) is 19.7. The Morgan fingerprint density at radius 3 is 2.36 bits per heavy atom. The van der Waals surface area contributed by atoms with Gasteiger partial charge in [0.1, 0.15) is 18.1 Å². The van der Waals surface area contributed by atoms with Gasteiger partial charge in [-0.25, -0.2) is 9.37 Å². The second-order valence-electron chi connectivity index (χ2n) is 8.60. The number of rotatable bonds is 8. The average molecular weight is 485 g/mol. The van der Waals surface area contributed by atoms with Crippen LogP contribution in [0.5, 0.6) is 5.75 Å². The van der Waals surface area contributed by atoms with Crippen molar-refractivity contribution in [2.45, 2.75) is 18.9 Å². The molecule has 36 heavy (non-hydrogen) atoms. The second kappa shape index (κ2) is 10.0. The minimum Gasteiger partial charge on any atom is -0.497 e. The molecule has 1 aromatic heterocycles. The zero-order valence-electron chi connectivity index (χ0n) is 19.7. The molecular weight excluding hydrogens is 459 g/mol. The first-order valence-corrected chi connectivity index (χ1v) is 11.7. The molecule has 7 nitrogen and oxygen atoms in total. The molecule has 0 saturated heterocycles. The number of anilines is 1. The van der Waals surface area contributed by atoms with Crippen LogP contribution in [0, 0.1) is 5.82 Å². The number of methoxy groups -OCH3 is 1. The number of imidazole rings is 1. The molecule has 0 radical (unpaired) electrons. The van der Waals surface area contributed by atoms with Crippen LogP contribution in [0.15, 0.2) is 85.1 Å². The SMILES string of the molecule is COc1ccc(C(=O)N(CC(=O)Nc2nc(-c3ccccc3)cn2-c2ccc(F)cc2)C2CC2)cc1. The number of carbonyl (C=O) groups is 2. The molecule has 1 fully saturated rings. The lowest BCUT2D eigenvalue weighted by Gasteiger charge is -2.22. The minimum absolute atomic E-state index is 0.0297. The number of hydrogen-bond donors (Lipinski definition) is 1. The number of benzene rings is 3.